The molecule has 0 saturated carbocycles. The Morgan fingerprint density at radius 2 is 1.42 bits per heavy atom. The summed E-state index contributed by atoms with van der Waals surface area (Å²) < 4.78 is 0. The third-order valence-corrected chi connectivity index (χ3v) is 4.91. The van der Waals surface area contributed by atoms with Crippen molar-refractivity contribution in [3.05, 3.63) is 64.7 Å². The number of phenols is 1. The van der Waals surface area contributed by atoms with Crippen LogP contribution in [0.3, 0.4) is 0 Å². The second-order valence-corrected chi connectivity index (χ2v) is 9.47. The number of hydrogen-bond acceptors (Lipinski definition) is 2. The van der Waals surface area contributed by atoms with Crippen LogP contribution in [-0.4, -0.2) is 16.3 Å². The van der Waals surface area contributed by atoms with Crippen LogP contribution in [0.4, 0.5) is 0 Å². The number of rotatable bonds is 4. The zero-order chi connectivity index (χ0) is 19.7. The summed E-state index contributed by atoms with van der Waals surface area (Å²) in [6.45, 7) is 12.2. The van der Waals surface area contributed by atoms with Gasteiger partial charge in [0.2, 0.25) is 0 Å². The van der Waals surface area contributed by atoms with E-state index < -0.39 is 5.38 Å². The van der Waals surface area contributed by atoms with Crippen molar-refractivity contribution in [2.75, 3.05) is 0 Å². The van der Waals surface area contributed by atoms with Crippen molar-refractivity contribution in [3.8, 4) is 5.75 Å². The first-order valence-corrected chi connectivity index (χ1v) is 9.45. The van der Waals surface area contributed by atoms with E-state index in [0.717, 1.165) is 16.7 Å². The van der Waals surface area contributed by atoms with E-state index in [1.807, 2.05) is 71.9 Å². The molecule has 0 aliphatic heterocycles. The summed E-state index contributed by atoms with van der Waals surface area (Å²) in [5.41, 5.74) is 2.59. The molecule has 1 atom stereocenters. The molecule has 0 aromatic heterocycles. The zero-order valence-electron chi connectivity index (χ0n) is 16.6. The molecule has 0 bridgehead atoms. The molecule has 3 heteroatoms. The Balaban J connectivity index is 2.46. The van der Waals surface area contributed by atoms with E-state index in [9.17, 15) is 9.90 Å². The fourth-order valence-corrected chi connectivity index (χ4v) is 3.32. The van der Waals surface area contributed by atoms with Gasteiger partial charge in [-0.2, -0.15) is 0 Å². The highest BCUT2D eigenvalue weighted by Gasteiger charge is 2.29. The van der Waals surface area contributed by atoms with Crippen LogP contribution in [0.25, 0.3) is 0 Å². The highest BCUT2D eigenvalue weighted by atomic mass is 35.5. The van der Waals surface area contributed by atoms with Gasteiger partial charge in [-0.1, -0.05) is 71.9 Å². The molecule has 2 aromatic rings. The molecular weight excluding hydrogens is 344 g/mol. The number of phenolic OH excluding ortho intramolecular Hbond substituents is 1. The van der Waals surface area contributed by atoms with Gasteiger partial charge in [-0.15, -0.1) is 11.6 Å². The summed E-state index contributed by atoms with van der Waals surface area (Å²) in [7, 11) is 0. The normalized spacial score (nSPS) is 13.5. The van der Waals surface area contributed by atoms with E-state index in [1.54, 1.807) is 12.1 Å². The molecule has 1 N–H and O–H groups in total. The van der Waals surface area contributed by atoms with Crippen LogP contribution in [0.1, 0.15) is 68.6 Å². The second-order valence-electron chi connectivity index (χ2n) is 8.94. The minimum atomic E-state index is -0.637. The highest BCUT2D eigenvalue weighted by Crippen LogP contribution is 2.40. The summed E-state index contributed by atoms with van der Waals surface area (Å²) in [5, 5.41) is 10.2. The van der Waals surface area contributed by atoms with Gasteiger partial charge in [-0.3, -0.25) is 4.79 Å². The first kappa shape index (κ1) is 20.5. The van der Waals surface area contributed by atoms with Crippen molar-refractivity contribution in [2.45, 2.75) is 64.2 Å². The number of carbonyl (C=O) groups excluding carboxylic acids is 1. The first-order chi connectivity index (χ1) is 11.9. The molecule has 140 valence electrons. The number of ketones is 1. The lowest BCUT2D eigenvalue weighted by atomic mass is 9.78. The average Bonchev–Trinajstić information content (AvgIpc) is 2.53. The predicted molar refractivity (Wildman–Crippen MR) is 110 cm³/mol. The van der Waals surface area contributed by atoms with Crippen LogP contribution in [0.5, 0.6) is 5.75 Å². The van der Waals surface area contributed by atoms with E-state index in [4.69, 9.17) is 11.6 Å². The molecule has 0 fully saturated rings. The van der Waals surface area contributed by atoms with E-state index in [1.165, 1.54) is 0 Å². The minimum Gasteiger partial charge on any atom is -0.507 e. The standard InChI is InChI=1S/C23H29ClO2/c1-22(2,3)17-13-16(14-18(21(17)26)23(4,5)6)20(25)19(24)12-15-10-8-7-9-11-15/h7-11,13-14,19,26H,12H2,1-6H3/t19-/m1/s1. The van der Waals surface area contributed by atoms with Gasteiger partial charge in [0.1, 0.15) is 11.1 Å². The number of hydrogen-bond donors (Lipinski definition) is 1. The number of carbonyl (C=O) groups is 1. The monoisotopic (exact) mass is 372 g/mol. The SMILES string of the molecule is CC(C)(C)c1cc(C(=O)[C@H](Cl)Cc2ccccc2)cc(C(C)(C)C)c1O. The molecule has 26 heavy (non-hydrogen) atoms. The molecule has 2 nitrogen and oxygen atoms in total. The van der Waals surface area contributed by atoms with Crippen LogP contribution in [0.2, 0.25) is 0 Å². The number of benzene rings is 2. The Bertz CT molecular complexity index is 745. The zero-order valence-corrected chi connectivity index (χ0v) is 17.3. The van der Waals surface area contributed by atoms with Gasteiger partial charge in [0.15, 0.2) is 5.78 Å². The second kappa shape index (κ2) is 7.44. The molecule has 0 amide bonds. The quantitative estimate of drug-likeness (QED) is 0.526. The van der Waals surface area contributed by atoms with Crippen LogP contribution >= 0.6 is 11.6 Å². The van der Waals surface area contributed by atoms with Crippen LogP contribution in [0, 0.1) is 0 Å². The topological polar surface area (TPSA) is 37.3 Å². The molecule has 2 rings (SSSR count). The molecule has 2 aromatic carbocycles. The molecular formula is C23H29ClO2. The Hall–Kier alpha value is -1.80. The molecule has 0 radical (unpaired) electrons. The fraction of sp³-hybridized carbons (Fsp3) is 0.435. The fourth-order valence-electron chi connectivity index (χ4n) is 3.01. The summed E-state index contributed by atoms with van der Waals surface area (Å²) in [5.74, 6) is 0.169. The van der Waals surface area contributed by atoms with E-state index in [-0.39, 0.29) is 22.4 Å². The van der Waals surface area contributed by atoms with Gasteiger partial charge in [0.05, 0.1) is 0 Å². The third-order valence-electron chi connectivity index (χ3n) is 4.55. The van der Waals surface area contributed by atoms with Crippen molar-refractivity contribution in [1.82, 2.24) is 0 Å². The lowest BCUT2D eigenvalue weighted by molar-refractivity contribution is 0.0986. The Kier molecular flexibility index (Phi) is 5.87. The summed E-state index contributed by atoms with van der Waals surface area (Å²) >= 11 is 6.46. The largest absolute Gasteiger partial charge is 0.507 e. The smallest absolute Gasteiger partial charge is 0.181 e. The van der Waals surface area contributed by atoms with Crippen LogP contribution in [-0.2, 0) is 17.3 Å². The molecule has 0 spiro atoms. The first-order valence-electron chi connectivity index (χ1n) is 9.01. The average molecular weight is 373 g/mol. The van der Waals surface area contributed by atoms with Gasteiger partial charge in [0, 0.05) is 16.7 Å². The number of aromatic hydroxyl groups is 1. The molecule has 0 aliphatic carbocycles. The van der Waals surface area contributed by atoms with Gasteiger partial charge in [-0.05, 0) is 34.9 Å². The summed E-state index contributed by atoms with van der Waals surface area (Å²) in [6, 6.07) is 13.4. The van der Waals surface area contributed by atoms with Crippen molar-refractivity contribution in [1.29, 1.82) is 0 Å². The van der Waals surface area contributed by atoms with Crippen molar-refractivity contribution in [3.63, 3.8) is 0 Å². The maximum absolute atomic E-state index is 13.0. The maximum atomic E-state index is 13.0. The Morgan fingerprint density at radius 1 is 0.962 bits per heavy atom. The number of Topliss-reactive ketones (excluding diaryl/α,β-unsaturated/α-hetero) is 1. The lowest BCUT2D eigenvalue weighted by Crippen LogP contribution is -2.22. The van der Waals surface area contributed by atoms with Crippen LogP contribution < -0.4 is 0 Å². The van der Waals surface area contributed by atoms with Crippen molar-refractivity contribution < 1.29 is 9.90 Å². The van der Waals surface area contributed by atoms with E-state index in [0.29, 0.717) is 12.0 Å². The maximum Gasteiger partial charge on any atom is 0.181 e. The Morgan fingerprint density at radius 3 is 1.85 bits per heavy atom. The van der Waals surface area contributed by atoms with E-state index in [2.05, 4.69) is 0 Å². The minimum absolute atomic E-state index is 0.105. The third kappa shape index (κ3) is 4.67. The molecule has 0 unspecified atom stereocenters. The number of alkyl halides is 1. The van der Waals surface area contributed by atoms with Gasteiger partial charge in [0.25, 0.3) is 0 Å². The molecule has 0 aliphatic rings. The lowest BCUT2D eigenvalue weighted by Gasteiger charge is -2.28. The number of halogens is 1. The van der Waals surface area contributed by atoms with Gasteiger partial charge in [-0.25, -0.2) is 0 Å². The summed E-state index contributed by atoms with van der Waals surface area (Å²) in [6.07, 6.45) is 0.484. The van der Waals surface area contributed by atoms with Crippen molar-refractivity contribution >= 4 is 17.4 Å². The van der Waals surface area contributed by atoms with Gasteiger partial charge < -0.3 is 5.11 Å². The predicted octanol–water partition coefficient (Wildman–Crippen LogP) is 6.02. The van der Waals surface area contributed by atoms with Crippen LogP contribution in [0.15, 0.2) is 42.5 Å². The van der Waals surface area contributed by atoms with Gasteiger partial charge >= 0.3 is 0 Å². The molecule has 0 heterocycles. The summed E-state index contributed by atoms with van der Waals surface area (Å²) in [4.78, 5) is 13.0. The highest BCUT2D eigenvalue weighted by molar-refractivity contribution is 6.34. The molecule has 0 saturated heterocycles. The Labute approximate surface area is 162 Å². The van der Waals surface area contributed by atoms with Crippen molar-refractivity contribution in [2.24, 2.45) is 0 Å². The van der Waals surface area contributed by atoms with E-state index >= 15 is 0 Å².